The first-order valence-corrected chi connectivity index (χ1v) is 8.20. The van der Waals surface area contributed by atoms with Crippen LogP contribution in [-0.4, -0.2) is 5.91 Å². The van der Waals surface area contributed by atoms with Gasteiger partial charge in [0.1, 0.15) is 0 Å². The Kier molecular flexibility index (Phi) is 3.88. The Balaban J connectivity index is 2.10. The first-order chi connectivity index (χ1) is 11.0. The van der Waals surface area contributed by atoms with E-state index in [1.807, 2.05) is 24.3 Å². The fraction of sp³-hybridized carbons (Fsp3) is 0.350. The molecule has 1 unspecified atom stereocenters. The van der Waals surface area contributed by atoms with Crippen molar-refractivity contribution in [3.05, 3.63) is 65.2 Å². The third kappa shape index (κ3) is 2.72. The molecular weight excluding hydrogens is 284 g/mol. The van der Waals surface area contributed by atoms with Crippen LogP contribution in [0.15, 0.2) is 48.5 Å². The minimum absolute atomic E-state index is 0.0672. The molecule has 1 amide bonds. The molecule has 4 N–H and O–H groups in total. The van der Waals surface area contributed by atoms with Crippen molar-refractivity contribution in [3.63, 3.8) is 0 Å². The number of benzene rings is 2. The van der Waals surface area contributed by atoms with Crippen LogP contribution in [0, 0.1) is 5.41 Å². The van der Waals surface area contributed by atoms with Crippen LogP contribution < -0.4 is 11.5 Å². The van der Waals surface area contributed by atoms with Crippen molar-refractivity contribution in [2.75, 3.05) is 5.73 Å². The monoisotopic (exact) mass is 308 g/mol. The van der Waals surface area contributed by atoms with Crippen molar-refractivity contribution >= 4 is 11.6 Å². The van der Waals surface area contributed by atoms with E-state index in [-0.39, 0.29) is 11.8 Å². The first kappa shape index (κ1) is 15.6. The second kappa shape index (κ2) is 5.73. The lowest BCUT2D eigenvalue weighted by molar-refractivity contribution is -0.123. The molecule has 1 aliphatic carbocycles. The Morgan fingerprint density at radius 2 is 1.57 bits per heavy atom. The number of rotatable bonds is 5. The number of anilines is 1. The maximum Gasteiger partial charge on any atom is 0.224 e. The van der Waals surface area contributed by atoms with Crippen LogP contribution in [0.25, 0.3) is 0 Å². The second-order valence-corrected chi connectivity index (χ2v) is 6.90. The van der Waals surface area contributed by atoms with Crippen LogP contribution in [0.4, 0.5) is 5.69 Å². The molecule has 3 heteroatoms. The lowest BCUT2D eigenvalue weighted by atomic mass is 9.76. The summed E-state index contributed by atoms with van der Waals surface area (Å²) in [7, 11) is 0. The third-order valence-corrected chi connectivity index (χ3v) is 5.08. The molecule has 120 valence electrons. The number of hydrogen-bond acceptors (Lipinski definition) is 2. The molecule has 23 heavy (non-hydrogen) atoms. The fourth-order valence-corrected chi connectivity index (χ4v) is 3.46. The summed E-state index contributed by atoms with van der Waals surface area (Å²) >= 11 is 0. The smallest absolute Gasteiger partial charge is 0.224 e. The quantitative estimate of drug-likeness (QED) is 0.825. The van der Waals surface area contributed by atoms with Crippen LogP contribution in [-0.2, 0) is 4.79 Å². The summed E-state index contributed by atoms with van der Waals surface area (Å²) in [6.07, 6.45) is 1.65. The number of nitrogen functional groups attached to an aromatic ring is 1. The van der Waals surface area contributed by atoms with Crippen molar-refractivity contribution in [3.8, 4) is 0 Å². The summed E-state index contributed by atoms with van der Waals surface area (Å²) in [4.78, 5) is 12.1. The van der Waals surface area contributed by atoms with Gasteiger partial charge in [-0.15, -0.1) is 0 Å². The molecule has 2 aromatic carbocycles. The summed E-state index contributed by atoms with van der Waals surface area (Å²) in [6, 6.07) is 16.3. The second-order valence-electron chi connectivity index (χ2n) is 6.90. The molecule has 1 aliphatic rings. The average molecular weight is 308 g/mol. The molecule has 2 aromatic rings. The standard InChI is InChI=1S/C20H24N2O/c1-13(2)14-7-9-15(10-8-14)18(20(11-12-20)19(22)23)16-5-3-4-6-17(16)21/h3-10,13,18H,11-12,21H2,1-2H3,(H2,22,23). The summed E-state index contributed by atoms with van der Waals surface area (Å²) in [6.45, 7) is 4.35. The van der Waals surface area contributed by atoms with E-state index in [4.69, 9.17) is 11.5 Å². The number of carbonyl (C=O) groups is 1. The topological polar surface area (TPSA) is 69.1 Å². The fourth-order valence-electron chi connectivity index (χ4n) is 3.46. The number of para-hydroxylation sites is 1. The molecule has 0 spiro atoms. The molecule has 0 aromatic heterocycles. The summed E-state index contributed by atoms with van der Waals surface area (Å²) in [5.41, 5.74) is 15.6. The van der Waals surface area contributed by atoms with Crippen LogP contribution >= 0.6 is 0 Å². The van der Waals surface area contributed by atoms with Crippen LogP contribution in [0.3, 0.4) is 0 Å². The van der Waals surface area contributed by atoms with E-state index in [2.05, 4.69) is 38.1 Å². The highest BCUT2D eigenvalue weighted by molar-refractivity contribution is 5.86. The van der Waals surface area contributed by atoms with Gasteiger partial charge < -0.3 is 11.5 Å². The van der Waals surface area contributed by atoms with Gasteiger partial charge in [-0.2, -0.15) is 0 Å². The molecule has 0 saturated heterocycles. The molecule has 0 radical (unpaired) electrons. The highest BCUT2D eigenvalue weighted by Crippen LogP contribution is 2.59. The number of nitrogens with two attached hydrogens (primary N) is 2. The zero-order valence-electron chi connectivity index (χ0n) is 13.8. The van der Waals surface area contributed by atoms with Crippen molar-refractivity contribution < 1.29 is 4.79 Å². The van der Waals surface area contributed by atoms with E-state index < -0.39 is 5.41 Å². The number of amides is 1. The molecule has 0 bridgehead atoms. The van der Waals surface area contributed by atoms with Gasteiger partial charge >= 0.3 is 0 Å². The zero-order chi connectivity index (χ0) is 16.6. The van der Waals surface area contributed by atoms with Crippen LogP contribution in [0.5, 0.6) is 0 Å². The lowest BCUT2D eigenvalue weighted by Gasteiger charge is -2.27. The molecule has 0 heterocycles. The maximum atomic E-state index is 12.1. The van der Waals surface area contributed by atoms with Gasteiger partial charge in [0, 0.05) is 11.6 Å². The van der Waals surface area contributed by atoms with E-state index in [0.717, 1.165) is 29.7 Å². The van der Waals surface area contributed by atoms with E-state index in [1.165, 1.54) is 5.56 Å². The SMILES string of the molecule is CC(C)c1ccc(C(c2ccccc2N)C2(C(N)=O)CC2)cc1. The lowest BCUT2D eigenvalue weighted by Crippen LogP contribution is -2.31. The average Bonchev–Trinajstić information content (AvgIpc) is 3.32. The van der Waals surface area contributed by atoms with Crippen molar-refractivity contribution in [2.45, 2.75) is 38.5 Å². The van der Waals surface area contributed by atoms with Crippen molar-refractivity contribution in [1.29, 1.82) is 0 Å². The van der Waals surface area contributed by atoms with E-state index >= 15 is 0 Å². The predicted molar refractivity (Wildman–Crippen MR) is 94.1 cm³/mol. The van der Waals surface area contributed by atoms with Gasteiger partial charge in [0.15, 0.2) is 0 Å². The highest BCUT2D eigenvalue weighted by Gasteiger charge is 2.55. The number of carbonyl (C=O) groups excluding carboxylic acids is 1. The van der Waals surface area contributed by atoms with Gasteiger partial charge in [0.2, 0.25) is 5.91 Å². The van der Waals surface area contributed by atoms with Crippen LogP contribution in [0.1, 0.15) is 55.2 Å². The minimum atomic E-state index is -0.491. The zero-order valence-corrected chi connectivity index (χ0v) is 13.8. The predicted octanol–water partition coefficient (Wildman–Crippen LogP) is 3.79. The molecule has 3 rings (SSSR count). The van der Waals surface area contributed by atoms with Gasteiger partial charge in [-0.25, -0.2) is 0 Å². The van der Waals surface area contributed by atoms with Gasteiger partial charge in [-0.3, -0.25) is 4.79 Å². The van der Waals surface area contributed by atoms with Crippen molar-refractivity contribution in [2.24, 2.45) is 11.1 Å². The molecule has 1 saturated carbocycles. The Morgan fingerprint density at radius 3 is 2.04 bits per heavy atom. The minimum Gasteiger partial charge on any atom is -0.398 e. The summed E-state index contributed by atoms with van der Waals surface area (Å²) in [5, 5.41) is 0. The maximum absolute atomic E-state index is 12.1. The largest absolute Gasteiger partial charge is 0.398 e. The Hall–Kier alpha value is -2.29. The van der Waals surface area contributed by atoms with Gasteiger partial charge in [-0.1, -0.05) is 56.3 Å². The Bertz CT molecular complexity index is 715. The summed E-state index contributed by atoms with van der Waals surface area (Å²) < 4.78 is 0. The van der Waals surface area contributed by atoms with E-state index in [0.29, 0.717) is 5.92 Å². The van der Waals surface area contributed by atoms with Crippen molar-refractivity contribution in [1.82, 2.24) is 0 Å². The molecule has 3 nitrogen and oxygen atoms in total. The van der Waals surface area contributed by atoms with E-state index in [9.17, 15) is 4.79 Å². The normalized spacial score (nSPS) is 17.0. The Morgan fingerprint density at radius 1 is 1.00 bits per heavy atom. The van der Waals surface area contributed by atoms with Gasteiger partial charge in [0.05, 0.1) is 5.41 Å². The molecular formula is C20H24N2O. The highest BCUT2D eigenvalue weighted by atomic mass is 16.1. The Labute approximate surface area is 137 Å². The summed E-state index contributed by atoms with van der Waals surface area (Å²) in [5.74, 6) is 0.191. The van der Waals surface area contributed by atoms with Gasteiger partial charge in [0.25, 0.3) is 0 Å². The number of hydrogen-bond donors (Lipinski definition) is 2. The van der Waals surface area contributed by atoms with Gasteiger partial charge in [-0.05, 0) is 41.5 Å². The van der Waals surface area contributed by atoms with Crippen LogP contribution in [0.2, 0.25) is 0 Å². The first-order valence-electron chi connectivity index (χ1n) is 8.20. The van der Waals surface area contributed by atoms with E-state index in [1.54, 1.807) is 0 Å². The molecule has 1 atom stereocenters. The molecule has 0 aliphatic heterocycles. The number of primary amides is 1. The molecule has 1 fully saturated rings. The third-order valence-electron chi connectivity index (χ3n) is 5.08.